The van der Waals surface area contributed by atoms with Gasteiger partial charge < -0.3 is 9.80 Å². The molecule has 0 saturated carbocycles. The maximum Gasteiger partial charge on any atom is 0.258 e. The van der Waals surface area contributed by atoms with E-state index in [2.05, 4.69) is 34.9 Å². The lowest BCUT2D eigenvalue weighted by atomic mass is 9.97. The number of para-hydroxylation sites is 1. The first-order chi connectivity index (χ1) is 10.7. The van der Waals surface area contributed by atoms with E-state index in [9.17, 15) is 4.79 Å². The van der Waals surface area contributed by atoms with Gasteiger partial charge in [-0.3, -0.25) is 4.79 Å². The number of amides is 1. The van der Waals surface area contributed by atoms with Gasteiger partial charge in [0.25, 0.3) is 5.91 Å². The number of hydrogen-bond donors (Lipinski definition) is 0. The van der Waals surface area contributed by atoms with Crippen molar-refractivity contribution in [1.82, 2.24) is 4.90 Å². The summed E-state index contributed by atoms with van der Waals surface area (Å²) in [4.78, 5) is 17.5. The lowest BCUT2D eigenvalue weighted by Crippen LogP contribution is -2.60. The van der Waals surface area contributed by atoms with E-state index in [1.54, 1.807) is 0 Å². The van der Waals surface area contributed by atoms with E-state index >= 15 is 0 Å². The fraction of sp³-hybridized carbons (Fsp3) is 0.316. The molecule has 1 fully saturated rings. The zero-order valence-corrected chi connectivity index (χ0v) is 12.8. The van der Waals surface area contributed by atoms with Gasteiger partial charge in [-0.15, -0.1) is 0 Å². The average Bonchev–Trinajstić information content (AvgIpc) is 2.95. The maximum atomic E-state index is 13.1. The molecule has 4 rings (SSSR count). The number of fused-ring (bicyclic) bond motifs is 3. The van der Waals surface area contributed by atoms with Gasteiger partial charge in [0.15, 0.2) is 0 Å². The largest absolute Gasteiger partial charge is 0.348 e. The van der Waals surface area contributed by atoms with E-state index in [-0.39, 0.29) is 11.6 Å². The van der Waals surface area contributed by atoms with Crippen LogP contribution in [0.4, 0.5) is 5.69 Å². The van der Waals surface area contributed by atoms with Gasteiger partial charge in [-0.1, -0.05) is 42.5 Å². The summed E-state index contributed by atoms with van der Waals surface area (Å²) >= 11 is 0. The van der Waals surface area contributed by atoms with E-state index in [0.717, 1.165) is 30.6 Å². The normalized spacial score (nSPS) is 23.4. The summed E-state index contributed by atoms with van der Waals surface area (Å²) < 4.78 is 0. The van der Waals surface area contributed by atoms with Crippen LogP contribution in [0.1, 0.15) is 35.7 Å². The number of hydrogen-bond acceptors (Lipinski definition) is 2. The predicted octanol–water partition coefficient (Wildman–Crippen LogP) is 3.66. The Morgan fingerprint density at radius 2 is 1.77 bits per heavy atom. The topological polar surface area (TPSA) is 23.6 Å². The summed E-state index contributed by atoms with van der Waals surface area (Å²) in [6.45, 7) is 3.89. The smallest absolute Gasteiger partial charge is 0.258 e. The molecule has 0 aromatic heterocycles. The molecule has 0 radical (unpaired) electrons. The molecule has 2 aromatic carbocycles. The molecule has 0 spiro atoms. The van der Waals surface area contributed by atoms with Gasteiger partial charge in [0.2, 0.25) is 0 Å². The van der Waals surface area contributed by atoms with Crippen molar-refractivity contribution in [2.75, 3.05) is 11.4 Å². The molecule has 1 amide bonds. The van der Waals surface area contributed by atoms with Crippen molar-refractivity contribution in [1.29, 1.82) is 0 Å². The Kier molecular flexibility index (Phi) is 2.96. The van der Waals surface area contributed by atoms with E-state index in [1.165, 1.54) is 5.56 Å². The van der Waals surface area contributed by atoms with Gasteiger partial charge in [0.05, 0.1) is 11.3 Å². The third-order valence-electron chi connectivity index (χ3n) is 5.05. The van der Waals surface area contributed by atoms with Crippen molar-refractivity contribution in [3.8, 4) is 0 Å². The Hall–Kier alpha value is -2.29. The summed E-state index contributed by atoms with van der Waals surface area (Å²) in [5.74, 6) is 0.153. The van der Waals surface area contributed by atoms with Crippen molar-refractivity contribution in [3.05, 3.63) is 65.7 Å². The van der Waals surface area contributed by atoms with Gasteiger partial charge in [-0.2, -0.15) is 0 Å². The number of benzene rings is 2. The summed E-state index contributed by atoms with van der Waals surface area (Å²) in [7, 11) is 0. The monoisotopic (exact) mass is 292 g/mol. The number of anilines is 1. The molecule has 3 heteroatoms. The fourth-order valence-corrected chi connectivity index (χ4v) is 3.87. The molecule has 2 aliphatic heterocycles. The first kappa shape index (κ1) is 13.4. The minimum atomic E-state index is -0.207. The van der Waals surface area contributed by atoms with Crippen molar-refractivity contribution in [3.63, 3.8) is 0 Å². The van der Waals surface area contributed by atoms with Crippen LogP contribution < -0.4 is 4.90 Å². The molecule has 112 valence electrons. The van der Waals surface area contributed by atoms with E-state index in [0.29, 0.717) is 6.54 Å². The summed E-state index contributed by atoms with van der Waals surface area (Å²) in [6.07, 6.45) is 2.16. The molecule has 0 aliphatic carbocycles. The van der Waals surface area contributed by atoms with Gasteiger partial charge in [0, 0.05) is 13.1 Å². The Bertz CT molecular complexity index is 712. The highest BCUT2D eigenvalue weighted by molar-refractivity contribution is 6.02. The molecule has 22 heavy (non-hydrogen) atoms. The fourth-order valence-electron chi connectivity index (χ4n) is 3.87. The SMILES string of the molecule is CC12CCCN1c1ccccc1C(=O)N2Cc1ccccc1. The van der Waals surface area contributed by atoms with Gasteiger partial charge in [-0.25, -0.2) is 0 Å². The number of carbonyl (C=O) groups is 1. The number of nitrogens with zero attached hydrogens (tertiary/aromatic N) is 2. The van der Waals surface area contributed by atoms with Crippen LogP contribution in [-0.4, -0.2) is 23.0 Å². The highest BCUT2D eigenvalue weighted by atomic mass is 16.2. The minimum absolute atomic E-state index is 0.153. The van der Waals surface area contributed by atoms with E-state index in [1.807, 2.05) is 36.4 Å². The maximum absolute atomic E-state index is 13.1. The number of carbonyl (C=O) groups excluding carboxylic acids is 1. The van der Waals surface area contributed by atoms with Crippen molar-refractivity contribution >= 4 is 11.6 Å². The van der Waals surface area contributed by atoms with Crippen LogP contribution in [0.15, 0.2) is 54.6 Å². The summed E-state index contributed by atoms with van der Waals surface area (Å²) in [5, 5.41) is 0. The molecule has 0 N–H and O–H groups in total. The third kappa shape index (κ3) is 1.85. The Labute approximate surface area is 131 Å². The summed E-state index contributed by atoms with van der Waals surface area (Å²) in [6, 6.07) is 18.3. The van der Waals surface area contributed by atoms with Gasteiger partial charge in [0.1, 0.15) is 5.66 Å². The van der Waals surface area contributed by atoms with Crippen LogP contribution >= 0.6 is 0 Å². The predicted molar refractivity (Wildman–Crippen MR) is 87.7 cm³/mol. The Morgan fingerprint density at radius 3 is 2.59 bits per heavy atom. The highest BCUT2D eigenvalue weighted by Gasteiger charge is 2.48. The molecule has 2 aliphatic rings. The molecule has 1 atom stereocenters. The zero-order valence-electron chi connectivity index (χ0n) is 12.8. The van der Waals surface area contributed by atoms with Crippen LogP contribution in [0.25, 0.3) is 0 Å². The standard InChI is InChI=1S/C19H20N2O/c1-19-12-7-13-20(19)17-11-6-5-10-16(17)18(22)21(19)14-15-8-3-2-4-9-15/h2-6,8-11H,7,12-14H2,1H3. The van der Waals surface area contributed by atoms with Crippen molar-refractivity contribution < 1.29 is 4.79 Å². The quantitative estimate of drug-likeness (QED) is 0.843. The zero-order chi connectivity index (χ0) is 15.2. The number of rotatable bonds is 2. The lowest BCUT2D eigenvalue weighted by Gasteiger charge is -2.50. The second kappa shape index (κ2) is 4.87. The average molecular weight is 292 g/mol. The molecule has 0 bridgehead atoms. The van der Waals surface area contributed by atoms with Crippen LogP contribution in [-0.2, 0) is 6.54 Å². The van der Waals surface area contributed by atoms with E-state index in [4.69, 9.17) is 0 Å². The third-order valence-corrected chi connectivity index (χ3v) is 5.05. The Morgan fingerprint density at radius 1 is 1.05 bits per heavy atom. The molecule has 1 saturated heterocycles. The van der Waals surface area contributed by atoms with Gasteiger partial charge in [-0.05, 0) is 37.5 Å². The van der Waals surface area contributed by atoms with E-state index < -0.39 is 0 Å². The summed E-state index contributed by atoms with van der Waals surface area (Å²) in [5.41, 5.74) is 2.90. The molecular weight excluding hydrogens is 272 g/mol. The van der Waals surface area contributed by atoms with Crippen molar-refractivity contribution in [2.24, 2.45) is 0 Å². The molecule has 1 unspecified atom stereocenters. The van der Waals surface area contributed by atoms with Crippen LogP contribution in [0.2, 0.25) is 0 Å². The lowest BCUT2D eigenvalue weighted by molar-refractivity contribution is 0.0470. The first-order valence-electron chi connectivity index (χ1n) is 7.93. The van der Waals surface area contributed by atoms with Crippen LogP contribution in [0.3, 0.4) is 0 Å². The first-order valence-corrected chi connectivity index (χ1v) is 7.93. The second-order valence-electron chi connectivity index (χ2n) is 6.37. The minimum Gasteiger partial charge on any atom is -0.348 e. The van der Waals surface area contributed by atoms with Gasteiger partial charge >= 0.3 is 0 Å². The van der Waals surface area contributed by atoms with Crippen LogP contribution in [0.5, 0.6) is 0 Å². The molecule has 3 nitrogen and oxygen atoms in total. The highest BCUT2D eigenvalue weighted by Crippen LogP contribution is 2.43. The van der Waals surface area contributed by atoms with Crippen LogP contribution in [0, 0.1) is 0 Å². The molecular formula is C19H20N2O. The Balaban J connectivity index is 1.79. The second-order valence-corrected chi connectivity index (χ2v) is 6.37. The molecule has 2 aromatic rings. The molecule has 2 heterocycles. The van der Waals surface area contributed by atoms with Crippen molar-refractivity contribution in [2.45, 2.75) is 32.0 Å².